The Labute approximate surface area is 37.6 Å². The summed E-state index contributed by atoms with van der Waals surface area (Å²) in [6.07, 6.45) is 1.44. The van der Waals surface area contributed by atoms with Crippen molar-refractivity contribution in [1.82, 2.24) is 0 Å². The quantitative estimate of drug-likeness (QED) is 0.348. The molecule has 0 amide bonds. The molecular weight excluding hydrogens is 76.1 g/mol. The third kappa shape index (κ3) is 3.34. The molecule has 0 aromatic heterocycles. The van der Waals surface area contributed by atoms with E-state index >= 15 is 0 Å². The molecule has 0 aliphatic heterocycles. The fourth-order valence-corrected chi connectivity index (χ4v) is 0.139. The van der Waals surface area contributed by atoms with Crippen molar-refractivity contribution in [3.05, 3.63) is 0 Å². The maximum Gasteiger partial charge on any atom is 0.109 e. The van der Waals surface area contributed by atoms with Gasteiger partial charge in [0.15, 0.2) is 0 Å². The molecule has 0 saturated carbocycles. The van der Waals surface area contributed by atoms with E-state index in [9.17, 15) is 0 Å². The summed E-state index contributed by atoms with van der Waals surface area (Å²) in [6, 6.07) is 0. The van der Waals surface area contributed by atoms with Crippen LogP contribution in [0.4, 0.5) is 0 Å². The standard InChI is InChI=1S/C4H8N2/c1-3-6-4-5-2/h4H,2-3H2,1H3. The van der Waals surface area contributed by atoms with Crippen molar-refractivity contribution in [2.45, 2.75) is 6.92 Å². The smallest absolute Gasteiger partial charge is 0.109 e. The number of rotatable bonds is 2. The van der Waals surface area contributed by atoms with Gasteiger partial charge in [0.25, 0.3) is 0 Å². The molecule has 0 radical (unpaired) electrons. The minimum atomic E-state index is 0.791. The van der Waals surface area contributed by atoms with Crippen LogP contribution >= 0.6 is 0 Å². The summed E-state index contributed by atoms with van der Waals surface area (Å²) in [6.45, 7) is 5.94. The molecule has 6 heavy (non-hydrogen) atoms. The largest absolute Gasteiger partial charge is 0.274 e. The van der Waals surface area contributed by atoms with Crippen LogP contribution in [0.1, 0.15) is 6.92 Å². The molecule has 0 rings (SSSR count). The maximum absolute atomic E-state index is 3.74. The van der Waals surface area contributed by atoms with E-state index < -0.39 is 0 Å². The van der Waals surface area contributed by atoms with Crippen LogP contribution in [0.25, 0.3) is 0 Å². The van der Waals surface area contributed by atoms with Gasteiger partial charge in [-0.15, -0.1) is 0 Å². The third-order valence-corrected chi connectivity index (χ3v) is 0.346. The SMILES string of the molecule is C=NC=NCC. The average Bonchev–Trinajstić information content (AvgIpc) is 1.61. The first-order valence-electron chi connectivity index (χ1n) is 1.86. The molecule has 0 unspecified atom stereocenters. The summed E-state index contributed by atoms with van der Waals surface area (Å²) in [5.41, 5.74) is 0. The van der Waals surface area contributed by atoms with Gasteiger partial charge in [0, 0.05) is 6.54 Å². The zero-order valence-corrected chi connectivity index (χ0v) is 3.89. The number of aliphatic imine (C=N–C) groups is 2. The first kappa shape index (κ1) is 5.34. The van der Waals surface area contributed by atoms with Crippen molar-refractivity contribution in [3.8, 4) is 0 Å². The van der Waals surface area contributed by atoms with E-state index in [2.05, 4.69) is 16.7 Å². The van der Waals surface area contributed by atoms with Gasteiger partial charge in [-0.25, -0.2) is 0 Å². The Hall–Kier alpha value is -0.660. The summed E-state index contributed by atoms with van der Waals surface area (Å²) in [4.78, 5) is 7.12. The Morgan fingerprint density at radius 2 is 2.50 bits per heavy atom. The van der Waals surface area contributed by atoms with Crippen LogP contribution in [0.5, 0.6) is 0 Å². The highest BCUT2D eigenvalue weighted by Crippen LogP contribution is 1.59. The van der Waals surface area contributed by atoms with Crippen molar-refractivity contribution in [1.29, 1.82) is 0 Å². The number of nitrogens with zero attached hydrogens (tertiary/aromatic N) is 2. The third-order valence-electron chi connectivity index (χ3n) is 0.346. The van der Waals surface area contributed by atoms with Gasteiger partial charge in [-0.1, -0.05) is 0 Å². The second-order valence-electron chi connectivity index (χ2n) is 0.797. The van der Waals surface area contributed by atoms with E-state index in [-0.39, 0.29) is 0 Å². The topological polar surface area (TPSA) is 24.7 Å². The van der Waals surface area contributed by atoms with Crippen molar-refractivity contribution in [3.63, 3.8) is 0 Å². The van der Waals surface area contributed by atoms with Crippen LogP contribution in [0, 0.1) is 0 Å². The molecule has 2 nitrogen and oxygen atoms in total. The highest BCUT2D eigenvalue weighted by Gasteiger charge is 1.54. The second kappa shape index (κ2) is 4.34. The first-order valence-corrected chi connectivity index (χ1v) is 1.86. The van der Waals surface area contributed by atoms with Crippen LogP contribution in [0.15, 0.2) is 9.98 Å². The maximum atomic E-state index is 3.74. The van der Waals surface area contributed by atoms with E-state index in [1.54, 1.807) is 0 Å². The van der Waals surface area contributed by atoms with Gasteiger partial charge in [-0.05, 0) is 13.6 Å². The predicted molar refractivity (Wildman–Crippen MR) is 28.6 cm³/mol. The monoisotopic (exact) mass is 84.1 g/mol. The Morgan fingerprint density at radius 3 is 2.67 bits per heavy atom. The first-order chi connectivity index (χ1) is 2.91. The highest BCUT2D eigenvalue weighted by atomic mass is 14.8. The van der Waals surface area contributed by atoms with Gasteiger partial charge in [-0.2, -0.15) is 0 Å². The molecule has 34 valence electrons. The summed E-state index contributed by atoms with van der Waals surface area (Å²) >= 11 is 0. The van der Waals surface area contributed by atoms with Gasteiger partial charge in [-0.3, -0.25) is 9.98 Å². The summed E-state index contributed by atoms with van der Waals surface area (Å²) in [5, 5.41) is 0. The van der Waals surface area contributed by atoms with Crippen LogP contribution < -0.4 is 0 Å². The fourth-order valence-electron chi connectivity index (χ4n) is 0.139. The summed E-state index contributed by atoms with van der Waals surface area (Å²) in [5.74, 6) is 0. The minimum Gasteiger partial charge on any atom is -0.274 e. The van der Waals surface area contributed by atoms with Gasteiger partial charge < -0.3 is 0 Å². The van der Waals surface area contributed by atoms with Crippen molar-refractivity contribution < 1.29 is 0 Å². The molecule has 0 spiro atoms. The second-order valence-corrected chi connectivity index (χ2v) is 0.797. The molecular formula is C4H8N2. The number of hydrogen-bond donors (Lipinski definition) is 0. The number of hydrogen-bond acceptors (Lipinski definition) is 1. The van der Waals surface area contributed by atoms with Crippen molar-refractivity contribution in [2.24, 2.45) is 9.98 Å². The lowest BCUT2D eigenvalue weighted by Crippen LogP contribution is -1.65. The van der Waals surface area contributed by atoms with E-state index in [0.717, 1.165) is 6.54 Å². The van der Waals surface area contributed by atoms with Crippen molar-refractivity contribution in [2.75, 3.05) is 6.54 Å². The van der Waals surface area contributed by atoms with Crippen LogP contribution in [-0.4, -0.2) is 19.6 Å². The van der Waals surface area contributed by atoms with E-state index in [0.29, 0.717) is 0 Å². The molecule has 0 atom stereocenters. The molecule has 0 aliphatic carbocycles. The molecule has 0 aromatic rings. The normalized spacial score (nSPS) is 9.50. The summed E-state index contributed by atoms with van der Waals surface area (Å²) < 4.78 is 0. The molecule has 0 saturated heterocycles. The molecule has 0 bridgehead atoms. The fraction of sp³-hybridized carbons (Fsp3) is 0.500. The van der Waals surface area contributed by atoms with E-state index in [1.807, 2.05) is 6.92 Å². The average molecular weight is 84.1 g/mol. The molecule has 0 heterocycles. The molecule has 2 heteroatoms. The van der Waals surface area contributed by atoms with Gasteiger partial charge in [0.05, 0.1) is 0 Å². The highest BCUT2D eigenvalue weighted by molar-refractivity contribution is 5.61. The van der Waals surface area contributed by atoms with Gasteiger partial charge >= 0.3 is 0 Å². The van der Waals surface area contributed by atoms with Crippen LogP contribution in [0.2, 0.25) is 0 Å². The molecule has 0 fully saturated rings. The zero-order valence-electron chi connectivity index (χ0n) is 3.89. The predicted octanol–water partition coefficient (Wildman–Crippen LogP) is 0.735. The Bertz CT molecular complexity index is 56.6. The zero-order chi connectivity index (χ0) is 4.83. The Kier molecular flexibility index (Phi) is 3.86. The lowest BCUT2D eigenvalue weighted by Gasteiger charge is -1.70. The summed E-state index contributed by atoms with van der Waals surface area (Å²) in [7, 11) is 0. The van der Waals surface area contributed by atoms with Crippen LogP contribution in [0.3, 0.4) is 0 Å². The lowest BCUT2D eigenvalue weighted by atomic mass is 10.8. The lowest BCUT2D eigenvalue weighted by molar-refractivity contribution is 1.14. The minimum absolute atomic E-state index is 0.791. The molecule has 0 aliphatic rings. The van der Waals surface area contributed by atoms with Crippen LogP contribution in [-0.2, 0) is 0 Å². The van der Waals surface area contributed by atoms with Gasteiger partial charge in [0.1, 0.15) is 6.34 Å². The van der Waals surface area contributed by atoms with Crippen molar-refractivity contribution >= 4 is 13.1 Å². The van der Waals surface area contributed by atoms with E-state index in [4.69, 9.17) is 0 Å². The Morgan fingerprint density at radius 1 is 1.83 bits per heavy atom. The van der Waals surface area contributed by atoms with Gasteiger partial charge in [0.2, 0.25) is 0 Å². The van der Waals surface area contributed by atoms with E-state index in [1.165, 1.54) is 6.34 Å². The molecule has 0 aromatic carbocycles. The Balaban J connectivity index is 2.94. The molecule has 0 N–H and O–H groups in total.